The number of carbonyl (C=O) groups is 2. The van der Waals surface area contributed by atoms with E-state index in [4.69, 9.17) is 9.84 Å². The summed E-state index contributed by atoms with van der Waals surface area (Å²) in [6, 6.07) is 7.75. The maximum absolute atomic E-state index is 11.3. The fourth-order valence-corrected chi connectivity index (χ4v) is 3.77. The Labute approximate surface area is 139 Å². The summed E-state index contributed by atoms with van der Waals surface area (Å²) in [5, 5.41) is 18.0. The molecule has 1 aromatic heterocycles. The highest BCUT2D eigenvalue weighted by molar-refractivity contribution is 9.10. The van der Waals surface area contributed by atoms with E-state index in [9.17, 15) is 14.7 Å². The first-order valence-corrected chi connectivity index (χ1v) is 8.04. The smallest absolute Gasteiger partial charge is 0.349 e. The van der Waals surface area contributed by atoms with E-state index in [0.29, 0.717) is 9.35 Å². The lowest BCUT2D eigenvalue weighted by atomic mass is 10.1. The van der Waals surface area contributed by atoms with E-state index in [1.807, 2.05) is 24.3 Å². The average Bonchev–Trinajstić information content (AvgIpc) is 2.82. The molecule has 0 saturated carbocycles. The van der Waals surface area contributed by atoms with Crippen molar-refractivity contribution in [2.75, 3.05) is 6.61 Å². The van der Waals surface area contributed by atoms with Crippen LogP contribution in [-0.2, 0) is 11.2 Å². The van der Waals surface area contributed by atoms with Gasteiger partial charge in [0.25, 0.3) is 0 Å². The van der Waals surface area contributed by atoms with Crippen LogP contribution in [0.1, 0.15) is 22.2 Å². The Morgan fingerprint density at radius 1 is 1.23 bits per heavy atom. The first-order valence-electron chi connectivity index (χ1n) is 6.43. The number of thiophene rings is 1. The van der Waals surface area contributed by atoms with Gasteiger partial charge in [0.05, 0.1) is 9.35 Å². The minimum absolute atomic E-state index is 0.0253. The summed E-state index contributed by atoms with van der Waals surface area (Å²) in [5.41, 5.74) is 2.03. The van der Waals surface area contributed by atoms with Crippen LogP contribution in [0.4, 0.5) is 0 Å². The topological polar surface area (TPSA) is 83.8 Å². The van der Waals surface area contributed by atoms with Gasteiger partial charge >= 0.3 is 11.9 Å². The van der Waals surface area contributed by atoms with Crippen LogP contribution in [0, 0.1) is 0 Å². The minimum Gasteiger partial charge on any atom is -0.479 e. The minimum atomic E-state index is -1.16. The molecular weight excluding hydrogens is 372 g/mol. The third-order valence-corrected chi connectivity index (χ3v) is 5.19. The van der Waals surface area contributed by atoms with Gasteiger partial charge in [0.15, 0.2) is 17.2 Å². The lowest BCUT2D eigenvalue weighted by Crippen LogP contribution is -2.11. The SMILES string of the molecule is CCc1ccc(-c2sc(C(=O)O)c(OCC(=O)O)c2Br)cc1. The van der Waals surface area contributed by atoms with E-state index < -0.39 is 18.5 Å². The zero-order valence-electron chi connectivity index (χ0n) is 11.6. The molecule has 0 saturated heterocycles. The van der Waals surface area contributed by atoms with Crippen molar-refractivity contribution in [3.05, 3.63) is 39.2 Å². The molecule has 116 valence electrons. The maximum Gasteiger partial charge on any atom is 0.349 e. The second kappa shape index (κ2) is 6.93. The summed E-state index contributed by atoms with van der Waals surface area (Å²) in [5.74, 6) is -2.26. The average molecular weight is 385 g/mol. The summed E-state index contributed by atoms with van der Waals surface area (Å²) in [6.45, 7) is 1.46. The van der Waals surface area contributed by atoms with Gasteiger partial charge in [-0.05, 0) is 33.5 Å². The predicted octanol–water partition coefficient (Wildman–Crippen LogP) is 3.90. The Morgan fingerprint density at radius 3 is 2.36 bits per heavy atom. The number of rotatable bonds is 6. The molecule has 0 amide bonds. The molecule has 7 heteroatoms. The number of hydrogen-bond donors (Lipinski definition) is 2. The molecule has 0 radical (unpaired) electrons. The Morgan fingerprint density at radius 2 is 1.86 bits per heavy atom. The Hall–Kier alpha value is -1.86. The molecule has 22 heavy (non-hydrogen) atoms. The van der Waals surface area contributed by atoms with Crippen LogP contribution < -0.4 is 4.74 Å². The molecule has 1 heterocycles. The van der Waals surface area contributed by atoms with Gasteiger partial charge in [0.1, 0.15) is 0 Å². The molecular formula is C15H13BrO5S. The number of aliphatic carboxylic acids is 1. The fourth-order valence-electron chi connectivity index (χ4n) is 1.88. The first-order chi connectivity index (χ1) is 10.4. The molecule has 0 fully saturated rings. The zero-order chi connectivity index (χ0) is 16.3. The van der Waals surface area contributed by atoms with Crippen LogP contribution in [0.15, 0.2) is 28.7 Å². The third-order valence-electron chi connectivity index (χ3n) is 2.97. The molecule has 0 aliphatic carbocycles. The van der Waals surface area contributed by atoms with Crippen molar-refractivity contribution in [3.63, 3.8) is 0 Å². The first kappa shape index (κ1) is 16.5. The van der Waals surface area contributed by atoms with E-state index in [1.54, 1.807) is 0 Å². The molecule has 2 aromatic rings. The molecule has 0 bridgehead atoms. The van der Waals surface area contributed by atoms with Gasteiger partial charge in [-0.3, -0.25) is 0 Å². The molecule has 5 nitrogen and oxygen atoms in total. The van der Waals surface area contributed by atoms with E-state index in [0.717, 1.165) is 23.3 Å². The molecule has 0 atom stereocenters. The van der Waals surface area contributed by atoms with Gasteiger partial charge < -0.3 is 14.9 Å². The third kappa shape index (κ3) is 3.48. The van der Waals surface area contributed by atoms with Crippen molar-refractivity contribution in [3.8, 4) is 16.2 Å². The van der Waals surface area contributed by atoms with Crippen LogP contribution in [0.5, 0.6) is 5.75 Å². The van der Waals surface area contributed by atoms with Crippen LogP contribution in [0.3, 0.4) is 0 Å². The van der Waals surface area contributed by atoms with Gasteiger partial charge in [-0.1, -0.05) is 31.2 Å². The van der Waals surface area contributed by atoms with Crippen molar-refractivity contribution in [1.82, 2.24) is 0 Å². The van der Waals surface area contributed by atoms with Crippen molar-refractivity contribution in [2.45, 2.75) is 13.3 Å². The number of aromatic carboxylic acids is 1. The van der Waals surface area contributed by atoms with Crippen molar-refractivity contribution < 1.29 is 24.5 Å². The normalized spacial score (nSPS) is 10.5. The highest BCUT2D eigenvalue weighted by atomic mass is 79.9. The van der Waals surface area contributed by atoms with Crippen LogP contribution in [0.2, 0.25) is 0 Å². The summed E-state index contributed by atoms with van der Waals surface area (Å²) < 4.78 is 5.58. The Bertz CT molecular complexity index is 705. The molecule has 0 spiro atoms. The van der Waals surface area contributed by atoms with E-state index in [2.05, 4.69) is 22.9 Å². The summed E-state index contributed by atoms with van der Waals surface area (Å²) in [7, 11) is 0. The second-order valence-electron chi connectivity index (χ2n) is 4.44. The maximum atomic E-state index is 11.3. The monoisotopic (exact) mass is 384 g/mol. The molecule has 2 rings (SSSR count). The number of halogens is 1. The van der Waals surface area contributed by atoms with Crippen LogP contribution in [-0.4, -0.2) is 28.8 Å². The lowest BCUT2D eigenvalue weighted by molar-refractivity contribution is -0.139. The number of hydrogen-bond acceptors (Lipinski definition) is 4. The standard InChI is InChI=1S/C15H13BrO5S/c1-2-8-3-5-9(6-4-8)13-11(16)12(21-7-10(17)18)14(22-13)15(19)20/h3-6H,2,7H2,1H3,(H,17,18)(H,19,20). The Balaban J connectivity index is 2.45. The van der Waals surface area contributed by atoms with Gasteiger partial charge in [-0.25, -0.2) is 9.59 Å². The molecule has 0 aliphatic rings. The summed E-state index contributed by atoms with van der Waals surface area (Å²) in [6.07, 6.45) is 0.916. The van der Waals surface area contributed by atoms with Crippen molar-refractivity contribution >= 4 is 39.2 Å². The number of ether oxygens (including phenoxy) is 1. The summed E-state index contributed by atoms with van der Waals surface area (Å²) >= 11 is 4.37. The molecule has 1 aromatic carbocycles. The number of carboxylic acids is 2. The fraction of sp³-hybridized carbons (Fsp3) is 0.200. The Kier molecular flexibility index (Phi) is 5.20. The van der Waals surface area contributed by atoms with Gasteiger partial charge in [-0.2, -0.15) is 0 Å². The van der Waals surface area contributed by atoms with Crippen molar-refractivity contribution in [1.29, 1.82) is 0 Å². The largest absolute Gasteiger partial charge is 0.479 e. The molecule has 0 unspecified atom stereocenters. The lowest BCUT2D eigenvalue weighted by Gasteiger charge is -2.04. The number of carboxylic acid groups (broad SMARTS) is 2. The van der Waals surface area contributed by atoms with Gasteiger partial charge in [0.2, 0.25) is 0 Å². The van der Waals surface area contributed by atoms with Gasteiger partial charge in [0, 0.05) is 0 Å². The van der Waals surface area contributed by atoms with E-state index in [1.165, 1.54) is 5.56 Å². The predicted molar refractivity (Wildman–Crippen MR) is 86.9 cm³/mol. The summed E-state index contributed by atoms with van der Waals surface area (Å²) in [4.78, 5) is 22.6. The van der Waals surface area contributed by atoms with Crippen LogP contribution in [0.25, 0.3) is 10.4 Å². The van der Waals surface area contributed by atoms with Gasteiger partial charge in [-0.15, -0.1) is 11.3 Å². The highest BCUT2D eigenvalue weighted by Gasteiger charge is 2.24. The quantitative estimate of drug-likeness (QED) is 0.788. The second-order valence-corrected chi connectivity index (χ2v) is 6.26. The number of benzene rings is 1. The highest BCUT2D eigenvalue weighted by Crippen LogP contribution is 2.45. The van der Waals surface area contributed by atoms with E-state index >= 15 is 0 Å². The number of aryl methyl sites for hydroxylation is 1. The van der Waals surface area contributed by atoms with E-state index in [-0.39, 0.29) is 10.6 Å². The molecule has 2 N–H and O–H groups in total. The zero-order valence-corrected chi connectivity index (χ0v) is 14.0. The van der Waals surface area contributed by atoms with Crippen molar-refractivity contribution in [2.24, 2.45) is 0 Å². The van der Waals surface area contributed by atoms with Crippen LogP contribution >= 0.6 is 27.3 Å². The molecule has 0 aliphatic heterocycles.